The number of aliphatic hydroxyl groups is 1. The summed E-state index contributed by atoms with van der Waals surface area (Å²) in [7, 11) is 0. The van der Waals surface area contributed by atoms with Crippen LogP contribution in [-0.4, -0.2) is 61.2 Å². The van der Waals surface area contributed by atoms with Crippen molar-refractivity contribution in [1.29, 1.82) is 0 Å². The fourth-order valence-electron chi connectivity index (χ4n) is 3.76. The van der Waals surface area contributed by atoms with Crippen LogP contribution >= 0.6 is 0 Å². The van der Waals surface area contributed by atoms with Gasteiger partial charge in [0.1, 0.15) is 5.82 Å². The standard InChI is InChI=1S/C19H28FNO3/c1-14-9-16(15-4-6-17(20)7-5-15)10-21(14)11-18(22)12-23-13-19-3-2-8-24-19/h4-7,14,16,18-19,22H,2-3,8-13H2,1H3. The van der Waals surface area contributed by atoms with Crippen molar-refractivity contribution < 1.29 is 19.0 Å². The van der Waals surface area contributed by atoms with Crippen LogP contribution < -0.4 is 0 Å². The number of ether oxygens (including phenoxy) is 2. The molecule has 0 radical (unpaired) electrons. The normalized spacial score (nSPS) is 29.2. The first-order valence-electron chi connectivity index (χ1n) is 8.98. The van der Waals surface area contributed by atoms with Crippen LogP contribution in [0.4, 0.5) is 4.39 Å². The molecule has 2 saturated heterocycles. The Balaban J connectivity index is 1.42. The maximum absolute atomic E-state index is 13.1. The summed E-state index contributed by atoms with van der Waals surface area (Å²) in [6.07, 6.45) is 2.91. The number of benzene rings is 1. The van der Waals surface area contributed by atoms with Gasteiger partial charge in [0.05, 0.1) is 25.4 Å². The van der Waals surface area contributed by atoms with E-state index in [1.54, 1.807) is 0 Å². The molecule has 2 aliphatic heterocycles. The first-order chi connectivity index (χ1) is 11.6. The Hall–Kier alpha value is -1.01. The van der Waals surface area contributed by atoms with Gasteiger partial charge in [-0.05, 0) is 49.8 Å². The zero-order valence-electron chi connectivity index (χ0n) is 14.4. The fraction of sp³-hybridized carbons (Fsp3) is 0.684. The van der Waals surface area contributed by atoms with Crippen molar-refractivity contribution in [2.45, 2.75) is 50.4 Å². The molecule has 0 bridgehead atoms. The van der Waals surface area contributed by atoms with Crippen LogP contribution in [0, 0.1) is 5.82 Å². The van der Waals surface area contributed by atoms with E-state index < -0.39 is 6.10 Å². The van der Waals surface area contributed by atoms with Gasteiger partial charge in [0.15, 0.2) is 0 Å². The van der Waals surface area contributed by atoms with Crippen molar-refractivity contribution >= 4 is 0 Å². The Bertz CT molecular complexity index is 504. The number of hydrogen-bond donors (Lipinski definition) is 1. The van der Waals surface area contributed by atoms with Crippen molar-refractivity contribution in [2.75, 3.05) is 32.9 Å². The molecule has 3 rings (SSSR count). The van der Waals surface area contributed by atoms with Crippen molar-refractivity contribution in [3.05, 3.63) is 35.6 Å². The molecule has 4 unspecified atom stereocenters. The van der Waals surface area contributed by atoms with Gasteiger partial charge in [-0.15, -0.1) is 0 Å². The predicted molar refractivity (Wildman–Crippen MR) is 90.6 cm³/mol. The molecular weight excluding hydrogens is 309 g/mol. The van der Waals surface area contributed by atoms with Gasteiger partial charge in [-0.1, -0.05) is 12.1 Å². The molecule has 5 heteroatoms. The van der Waals surface area contributed by atoms with E-state index in [9.17, 15) is 9.50 Å². The lowest BCUT2D eigenvalue weighted by Gasteiger charge is -2.24. The number of aliphatic hydroxyl groups excluding tert-OH is 1. The average Bonchev–Trinajstić information content (AvgIpc) is 3.19. The zero-order valence-corrected chi connectivity index (χ0v) is 14.4. The van der Waals surface area contributed by atoms with E-state index in [1.807, 2.05) is 12.1 Å². The summed E-state index contributed by atoms with van der Waals surface area (Å²) < 4.78 is 24.2. The minimum atomic E-state index is -0.485. The van der Waals surface area contributed by atoms with Gasteiger partial charge in [0, 0.05) is 25.7 Å². The van der Waals surface area contributed by atoms with Crippen LogP contribution in [0.1, 0.15) is 37.7 Å². The Morgan fingerprint density at radius 3 is 2.88 bits per heavy atom. The van der Waals surface area contributed by atoms with Gasteiger partial charge in [0.25, 0.3) is 0 Å². The molecule has 2 heterocycles. The Morgan fingerprint density at radius 2 is 2.17 bits per heavy atom. The Morgan fingerprint density at radius 1 is 1.38 bits per heavy atom. The first kappa shape index (κ1) is 17.8. The van der Waals surface area contributed by atoms with Crippen molar-refractivity contribution in [3.8, 4) is 0 Å². The van der Waals surface area contributed by atoms with E-state index in [4.69, 9.17) is 9.47 Å². The first-order valence-corrected chi connectivity index (χ1v) is 8.98. The maximum atomic E-state index is 13.1. The van der Waals surface area contributed by atoms with Crippen molar-refractivity contribution in [1.82, 2.24) is 4.90 Å². The Labute approximate surface area is 143 Å². The molecule has 1 aromatic carbocycles. The second kappa shape index (κ2) is 8.39. The molecule has 2 aliphatic rings. The van der Waals surface area contributed by atoms with Gasteiger partial charge < -0.3 is 14.6 Å². The topological polar surface area (TPSA) is 41.9 Å². The SMILES string of the molecule is CC1CC(c2ccc(F)cc2)CN1CC(O)COCC1CCCO1. The summed E-state index contributed by atoms with van der Waals surface area (Å²) in [5, 5.41) is 10.2. The second-order valence-corrected chi connectivity index (χ2v) is 7.11. The minimum absolute atomic E-state index is 0.194. The van der Waals surface area contributed by atoms with Gasteiger partial charge in [-0.25, -0.2) is 4.39 Å². The van der Waals surface area contributed by atoms with Crippen molar-refractivity contribution in [2.24, 2.45) is 0 Å². The van der Waals surface area contributed by atoms with Gasteiger partial charge in [-0.3, -0.25) is 4.90 Å². The van der Waals surface area contributed by atoms with E-state index in [1.165, 1.54) is 17.7 Å². The van der Waals surface area contributed by atoms with Gasteiger partial charge in [0.2, 0.25) is 0 Å². The molecule has 1 aromatic rings. The fourth-order valence-corrected chi connectivity index (χ4v) is 3.76. The summed E-state index contributed by atoms with van der Waals surface area (Å²) in [6.45, 7) is 5.45. The smallest absolute Gasteiger partial charge is 0.123 e. The Kier molecular flexibility index (Phi) is 6.22. The predicted octanol–water partition coefficient (Wildman–Crippen LogP) is 2.56. The lowest BCUT2D eigenvalue weighted by molar-refractivity contribution is -0.0257. The third-order valence-corrected chi connectivity index (χ3v) is 5.13. The minimum Gasteiger partial charge on any atom is -0.389 e. The number of halogens is 1. The van der Waals surface area contributed by atoms with E-state index in [2.05, 4.69) is 11.8 Å². The lowest BCUT2D eigenvalue weighted by Crippen LogP contribution is -2.37. The second-order valence-electron chi connectivity index (χ2n) is 7.11. The molecule has 0 aromatic heterocycles. The van der Waals surface area contributed by atoms with Crippen LogP contribution in [-0.2, 0) is 9.47 Å². The summed E-state index contributed by atoms with van der Waals surface area (Å²) in [6, 6.07) is 7.20. The van der Waals surface area contributed by atoms with Crippen molar-refractivity contribution in [3.63, 3.8) is 0 Å². The maximum Gasteiger partial charge on any atom is 0.123 e. The summed E-state index contributed by atoms with van der Waals surface area (Å²) in [5.74, 6) is 0.209. The molecule has 0 saturated carbocycles. The van der Waals surface area contributed by atoms with Crippen LogP contribution in [0.15, 0.2) is 24.3 Å². The zero-order chi connectivity index (χ0) is 16.9. The number of hydrogen-bond acceptors (Lipinski definition) is 4. The van der Waals surface area contributed by atoms with E-state index >= 15 is 0 Å². The molecule has 4 atom stereocenters. The van der Waals surface area contributed by atoms with Crippen LogP contribution in [0.3, 0.4) is 0 Å². The number of nitrogens with zero attached hydrogens (tertiary/aromatic N) is 1. The molecule has 0 spiro atoms. The summed E-state index contributed by atoms with van der Waals surface area (Å²) in [4.78, 5) is 2.30. The molecule has 2 fully saturated rings. The molecule has 1 N–H and O–H groups in total. The monoisotopic (exact) mass is 337 g/mol. The number of β-amino-alcohol motifs (C(OH)–C–C–N with tert-alkyl or cyclic N) is 1. The highest BCUT2D eigenvalue weighted by Crippen LogP contribution is 2.31. The number of rotatable bonds is 7. The van der Waals surface area contributed by atoms with Crippen LogP contribution in [0.2, 0.25) is 0 Å². The van der Waals surface area contributed by atoms with Gasteiger partial charge >= 0.3 is 0 Å². The number of likely N-dealkylation sites (tertiary alicyclic amines) is 1. The largest absolute Gasteiger partial charge is 0.389 e. The highest BCUT2D eigenvalue weighted by molar-refractivity contribution is 5.22. The highest BCUT2D eigenvalue weighted by Gasteiger charge is 2.31. The van der Waals surface area contributed by atoms with Gasteiger partial charge in [-0.2, -0.15) is 0 Å². The quantitative estimate of drug-likeness (QED) is 0.830. The molecule has 134 valence electrons. The third kappa shape index (κ3) is 4.76. The average molecular weight is 337 g/mol. The van der Waals surface area contributed by atoms with E-state index in [-0.39, 0.29) is 11.9 Å². The molecule has 24 heavy (non-hydrogen) atoms. The molecular formula is C19H28FNO3. The van der Waals surface area contributed by atoms with Crippen LogP contribution in [0.25, 0.3) is 0 Å². The highest BCUT2D eigenvalue weighted by atomic mass is 19.1. The summed E-state index contributed by atoms with van der Waals surface area (Å²) in [5.41, 5.74) is 1.18. The van der Waals surface area contributed by atoms with Crippen LogP contribution in [0.5, 0.6) is 0 Å². The lowest BCUT2D eigenvalue weighted by atomic mass is 9.97. The molecule has 0 aliphatic carbocycles. The third-order valence-electron chi connectivity index (χ3n) is 5.13. The summed E-state index contributed by atoms with van der Waals surface area (Å²) >= 11 is 0. The molecule has 0 amide bonds. The van der Waals surface area contributed by atoms with E-state index in [0.29, 0.717) is 31.7 Å². The molecule has 4 nitrogen and oxygen atoms in total. The van der Waals surface area contributed by atoms with E-state index in [0.717, 1.165) is 32.4 Å².